The van der Waals surface area contributed by atoms with Crippen molar-refractivity contribution in [3.05, 3.63) is 29.8 Å². The summed E-state index contributed by atoms with van der Waals surface area (Å²) in [7, 11) is 1.57. The van der Waals surface area contributed by atoms with Gasteiger partial charge >= 0.3 is 5.97 Å². The van der Waals surface area contributed by atoms with E-state index in [1.165, 1.54) is 15.9 Å². The van der Waals surface area contributed by atoms with Crippen LogP contribution in [-0.4, -0.2) is 93.8 Å². The van der Waals surface area contributed by atoms with E-state index in [1.807, 2.05) is 19.0 Å². The van der Waals surface area contributed by atoms with Crippen LogP contribution in [0.3, 0.4) is 0 Å². The van der Waals surface area contributed by atoms with Crippen molar-refractivity contribution in [1.29, 1.82) is 0 Å². The Bertz CT molecular complexity index is 935. The van der Waals surface area contributed by atoms with Gasteiger partial charge in [-0.3, -0.25) is 9.59 Å². The van der Waals surface area contributed by atoms with Crippen LogP contribution in [0.15, 0.2) is 33.6 Å². The molecule has 1 aromatic rings. The van der Waals surface area contributed by atoms with Gasteiger partial charge in [-0.15, -0.1) is 4.40 Å². The minimum atomic E-state index is -3.78. The molecule has 0 aromatic heterocycles. The van der Waals surface area contributed by atoms with Crippen molar-refractivity contribution in [2.24, 2.45) is 4.40 Å². The van der Waals surface area contributed by atoms with Crippen molar-refractivity contribution in [3.8, 4) is 0 Å². The second-order valence-corrected chi connectivity index (χ2v) is 10.0. The molecule has 1 amide bonds. The standard InChI is InChI=1S/C20H30N4O5S/c1-20(2,3)29-18(26)14-24(12-11-22(4)5)17(25)13-23(6)19-15-9-7-8-10-16(15)30(27,28)21-19/h7-10H,11-14H2,1-6H3. The highest BCUT2D eigenvalue weighted by Crippen LogP contribution is 2.26. The number of hydrogen-bond donors (Lipinski definition) is 0. The van der Waals surface area contributed by atoms with Crippen LogP contribution < -0.4 is 0 Å². The number of esters is 1. The minimum Gasteiger partial charge on any atom is -0.459 e. The van der Waals surface area contributed by atoms with E-state index in [0.29, 0.717) is 18.7 Å². The predicted octanol–water partition coefficient (Wildman–Crippen LogP) is 0.799. The van der Waals surface area contributed by atoms with E-state index in [9.17, 15) is 18.0 Å². The molecule has 0 saturated carbocycles. The van der Waals surface area contributed by atoms with E-state index >= 15 is 0 Å². The molecule has 1 aliphatic heterocycles. The zero-order valence-corrected chi connectivity index (χ0v) is 19.2. The third-order valence-corrected chi connectivity index (χ3v) is 5.58. The summed E-state index contributed by atoms with van der Waals surface area (Å²) in [5.74, 6) is -0.609. The van der Waals surface area contributed by atoms with Gasteiger partial charge in [0.25, 0.3) is 10.0 Å². The summed E-state index contributed by atoms with van der Waals surface area (Å²) < 4.78 is 33.7. The van der Waals surface area contributed by atoms with Gasteiger partial charge in [-0.25, -0.2) is 0 Å². The number of carbonyl (C=O) groups excluding carboxylic acids is 2. The van der Waals surface area contributed by atoms with Crippen LogP contribution >= 0.6 is 0 Å². The number of amidine groups is 1. The summed E-state index contributed by atoms with van der Waals surface area (Å²) in [5, 5.41) is 0. The molecule has 0 aliphatic carbocycles. The summed E-state index contributed by atoms with van der Waals surface area (Å²) in [6.07, 6.45) is 0. The average Bonchev–Trinajstić information content (AvgIpc) is 2.88. The van der Waals surface area contributed by atoms with E-state index in [0.717, 1.165) is 0 Å². The van der Waals surface area contributed by atoms with Crippen LogP contribution in [-0.2, 0) is 24.3 Å². The molecule has 166 valence electrons. The van der Waals surface area contributed by atoms with Gasteiger partial charge in [0.1, 0.15) is 17.0 Å². The second kappa shape index (κ2) is 9.13. The third kappa shape index (κ3) is 6.27. The molecule has 1 heterocycles. The number of carbonyl (C=O) groups is 2. The van der Waals surface area contributed by atoms with E-state index < -0.39 is 21.6 Å². The Morgan fingerprint density at radius 1 is 1.03 bits per heavy atom. The lowest BCUT2D eigenvalue weighted by Crippen LogP contribution is -2.46. The van der Waals surface area contributed by atoms with Gasteiger partial charge in [0.2, 0.25) is 5.91 Å². The van der Waals surface area contributed by atoms with Crippen molar-refractivity contribution < 1.29 is 22.7 Å². The number of rotatable bonds is 7. The fourth-order valence-corrected chi connectivity index (χ4v) is 4.14. The topological polar surface area (TPSA) is 99.6 Å². The van der Waals surface area contributed by atoms with E-state index in [1.54, 1.807) is 46.0 Å². The molecule has 2 rings (SSSR count). The summed E-state index contributed by atoms with van der Waals surface area (Å²) in [5.41, 5.74) is -0.194. The molecule has 0 saturated heterocycles. The first-order valence-electron chi connectivity index (χ1n) is 9.60. The SMILES string of the molecule is CN(C)CCN(CC(=O)OC(C)(C)C)C(=O)CN(C)C1=NS(=O)(=O)c2ccccc21. The largest absolute Gasteiger partial charge is 0.459 e. The Morgan fingerprint density at radius 3 is 2.27 bits per heavy atom. The quantitative estimate of drug-likeness (QED) is 0.581. The first-order chi connectivity index (χ1) is 13.8. The summed E-state index contributed by atoms with van der Waals surface area (Å²) in [4.78, 5) is 30.1. The highest BCUT2D eigenvalue weighted by Gasteiger charge is 2.32. The van der Waals surface area contributed by atoms with Crippen molar-refractivity contribution in [2.45, 2.75) is 31.3 Å². The second-order valence-electron chi connectivity index (χ2n) is 8.45. The van der Waals surface area contributed by atoms with Gasteiger partial charge in [-0.05, 0) is 47.0 Å². The lowest BCUT2D eigenvalue weighted by molar-refractivity contribution is -0.159. The lowest BCUT2D eigenvalue weighted by Gasteiger charge is -2.28. The third-order valence-electron chi connectivity index (χ3n) is 4.26. The Labute approximate surface area is 178 Å². The number of sulfonamides is 1. The van der Waals surface area contributed by atoms with Gasteiger partial charge in [-0.2, -0.15) is 8.42 Å². The Hall–Kier alpha value is -2.46. The molecular weight excluding hydrogens is 408 g/mol. The highest BCUT2D eigenvalue weighted by atomic mass is 32.2. The van der Waals surface area contributed by atoms with Crippen LogP contribution in [0.2, 0.25) is 0 Å². The first kappa shape index (κ1) is 23.8. The molecule has 0 unspecified atom stereocenters. The number of likely N-dealkylation sites (N-methyl/N-ethyl adjacent to an activating group) is 2. The molecule has 0 bridgehead atoms. The van der Waals surface area contributed by atoms with Crippen LogP contribution in [0.4, 0.5) is 0 Å². The molecule has 1 aromatic carbocycles. The van der Waals surface area contributed by atoms with Gasteiger partial charge in [0, 0.05) is 25.7 Å². The van der Waals surface area contributed by atoms with E-state index in [-0.39, 0.29) is 29.7 Å². The monoisotopic (exact) mass is 438 g/mol. The zero-order valence-electron chi connectivity index (χ0n) is 18.4. The number of nitrogens with zero attached hydrogens (tertiary/aromatic N) is 4. The average molecular weight is 439 g/mol. The number of hydrogen-bond acceptors (Lipinski definition) is 7. The Balaban J connectivity index is 2.15. The predicted molar refractivity (Wildman–Crippen MR) is 114 cm³/mol. The zero-order chi connectivity index (χ0) is 22.7. The van der Waals surface area contributed by atoms with Crippen molar-refractivity contribution >= 4 is 27.7 Å². The molecular formula is C20H30N4O5S. The minimum absolute atomic E-state index is 0.123. The van der Waals surface area contributed by atoms with Crippen LogP contribution in [0.25, 0.3) is 0 Å². The highest BCUT2D eigenvalue weighted by molar-refractivity contribution is 7.90. The lowest BCUT2D eigenvalue weighted by atomic mass is 10.2. The van der Waals surface area contributed by atoms with Crippen molar-refractivity contribution in [1.82, 2.24) is 14.7 Å². The van der Waals surface area contributed by atoms with Crippen molar-refractivity contribution in [2.75, 3.05) is 47.3 Å². The van der Waals surface area contributed by atoms with Gasteiger partial charge in [0.05, 0.1) is 6.54 Å². The molecule has 30 heavy (non-hydrogen) atoms. The van der Waals surface area contributed by atoms with Crippen LogP contribution in [0.5, 0.6) is 0 Å². The summed E-state index contributed by atoms with van der Waals surface area (Å²) >= 11 is 0. The molecule has 9 nitrogen and oxygen atoms in total. The molecule has 0 fully saturated rings. The van der Waals surface area contributed by atoms with Crippen molar-refractivity contribution in [3.63, 3.8) is 0 Å². The molecule has 10 heteroatoms. The van der Waals surface area contributed by atoms with Gasteiger partial charge in [0.15, 0.2) is 5.84 Å². The summed E-state index contributed by atoms with van der Waals surface area (Å²) in [6.45, 7) is 5.89. The fraction of sp³-hybridized carbons (Fsp3) is 0.550. The maximum Gasteiger partial charge on any atom is 0.326 e. The maximum atomic E-state index is 13.0. The molecule has 1 aliphatic rings. The van der Waals surface area contributed by atoms with Gasteiger partial charge < -0.3 is 19.4 Å². The van der Waals surface area contributed by atoms with Crippen LogP contribution in [0, 0.1) is 0 Å². The maximum absolute atomic E-state index is 13.0. The molecule has 0 N–H and O–H groups in total. The number of benzene rings is 1. The Morgan fingerprint density at radius 2 is 1.67 bits per heavy atom. The van der Waals surface area contributed by atoms with Crippen LogP contribution in [0.1, 0.15) is 26.3 Å². The Kier molecular flexibility index (Phi) is 7.25. The molecule has 0 spiro atoms. The smallest absolute Gasteiger partial charge is 0.326 e. The van der Waals surface area contributed by atoms with E-state index in [2.05, 4.69) is 4.40 Å². The van der Waals surface area contributed by atoms with Gasteiger partial charge in [-0.1, -0.05) is 12.1 Å². The molecule has 0 radical (unpaired) electrons. The fourth-order valence-electron chi connectivity index (χ4n) is 2.88. The number of ether oxygens (including phenoxy) is 1. The summed E-state index contributed by atoms with van der Waals surface area (Å²) in [6, 6.07) is 6.49. The number of fused-ring (bicyclic) bond motifs is 1. The van der Waals surface area contributed by atoms with E-state index in [4.69, 9.17) is 4.74 Å². The number of amides is 1. The normalized spacial score (nSPS) is 14.8. The molecule has 0 atom stereocenters. The first-order valence-corrected chi connectivity index (χ1v) is 11.0.